The van der Waals surface area contributed by atoms with E-state index < -0.39 is 10.8 Å². The lowest BCUT2D eigenvalue weighted by Gasteiger charge is -2.10. The topological polar surface area (TPSA) is 46.9 Å². The van der Waals surface area contributed by atoms with E-state index in [-0.39, 0.29) is 5.25 Å². The van der Waals surface area contributed by atoms with Gasteiger partial charge in [-0.3, -0.25) is 8.89 Å². The van der Waals surface area contributed by atoms with Crippen molar-refractivity contribution in [2.75, 3.05) is 12.8 Å². The molecule has 1 aromatic heterocycles. The molecule has 1 N–H and O–H groups in total. The van der Waals surface area contributed by atoms with Crippen LogP contribution in [0.1, 0.15) is 31.7 Å². The molecule has 6 heteroatoms. The van der Waals surface area contributed by atoms with E-state index in [1.54, 1.807) is 6.26 Å². The summed E-state index contributed by atoms with van der Waals surface area (Å²) >= 11 is 6.21. The van der Waals surface area contributed by atoms with Crippen LogP contribution in [-0.2, 0) is 23.9 Å². The summed E-state index contributed by atoms with van der Waals surface area (Å²) in [5.41, 5.74) is 1.90. The fourth-order valence-electron chi connectivity index (χ4n) is 1.72. The second-order valence-electron chi connectivity index (χ2n) is 4.44. The van der Waals surface area contributed by atoms with Crippen LogP contribution in [0.3, 0.4) is 0 Å². The fraction of sp³-hybridized carbons (Fsp3) is 0.750. The van der Waals surface area contributed by atoms with Crippen LogP contribution >= 0.6 is 11.6 Å². The molecule has 0 saturated heterocycles. The number of hydrogen-bond donors (Lipinski definition) is 1. The van der Waals surface area contributed by atoms with Gasteiger partial charge in [-0.25, -0.2) is 0 Å². The summed E-state index contributed by atoms with van der Waals surface area (Å²) in [5, 5.41) is 8.68. The molecule has 18 heavy (non-hydrogen) atoms. The lowest BCUT2D eigenvalue weighted by molar-refractivity contribution is 0.569. The molecule has 2 atom stereocenters. The number of aromatic nitrogens is 2. The normalized spacial score (nSPS) is 14.7. The Hall–Kier alpha value is -0.390. The van der Waals surface area contributed by atoms with E-state index in [4.69, 9.17) is 11.6 Å². The molecule has 0 aromatic carbocycles. The van der Waals surface area contributed by atoms with Gasteiger partial charge >= 0.3 is 0 Å². The van der Waals surface area contributed by atoms with Crippen LogP contribution in [0.2, 0.25) is 5.02 Å². The van der Waals surface area contributed by atoms with Crippen LogP contribution < -0.4 is 5.32 Å². The first kappa shape index (κ1) is 15.7. The van der Waals surface area contributed by atoms with Crippen molar-refractivity contribution in [2.45, 2.75) is 45.5 Å². The molecule has 0 bridgehead atoms. The van der Waals surface area contributed by atoms with E-state index in [0.717, 1.165) is 35.9 Å². The Morgan fingerprint density at radius 1 is 1.56 bits per heavy atom. The van der Waals surface area contributed by atoms with Crippen molar-refractivity contribution in [3.63, 3.8) is 0 Å². The third-order valence-corrected chi connectivity index (χ3v) is 4.90. The van der Waals surface area contributed by atoms with E-state index in [1.807, 2.05) is 18.5 Å². The Balaban J connectivity index is 2.46. The number of halogens is 1. The number of aryl methyl sites for hydroxylation is 2. The van der Waals surface area contributed by atoms with Crippen molar-refractivity contribution >= 4 is 22.4 Å². The molecule has 0 radical (unpaired) electrons. The highest BCUT2D eigenvalue weighted by atomic mass is 35.5. The van der Waals surface area contributed by atoms with Gasteiger partial charge in [0.1, 0.15) is 0 Å². The smallest absolute Gasteiger partial charge is 0.0860 e. The van der Waals surface area contributed by atoms with E-state index in [2.05, 4.69) is 17.3 Å². The van der Waals surface area contributed by atoms with E-state index in [1.165, 1.54) is 0 Å². The van der Waals surface area contributed by atoms with E-state index in [0.29, 0.717) is 6.54 Å². The quantitative estimate of drug-likeness (QED) is 0.783. The molecule has 1 heterocycles. The summed E-state index contributed by atoms with van der Waals surface area (Å²) in [7, 11) is -0.748. The van der Waals surface area contributed by atoms with Crippen LogP contribution in [-0.4, -0.2) is 32.0 Å². The van der Waals surface area contributed by atoms with Crippen molar-refractivity contribution < 1.29 is 4.21 Å². The van der Waals surface area contributed by atoms with Crippen LogP contribution in [0.15, 0.2) is 0 Å². The maximum atomic E-state index is 11.2. The molecular formula is C12H22ClN3OS. The molecule has 0 amide bonds. The summed E-state index contributed by atoms with van der Waals surface area (Å²) in [4.78, 5) is 0. The Morgan fingerprint density at radius 2 is 2.22 bits per heavy atom. The predicted molar refractivity (Wildman–Crippen MR) is 77.5 cm³/mol. The average Bonchev–Trinajstić information content (AvgIpc) is 2.61. The minimum atomic E-state index is -0.748. The molecule has 104 valence electrons. The van der Waals surface area contributed by atoms with Gasteiger partial charge < -0.3 is 5.32 Å². The van der Waals surface area contributed by atoms with Crippen molar-refractivity contribution in [3.8, 4) is 0 Å². The summed E-state index contributed by atoms with van der Waals surface area (Å²) in [6.45, 7) is 8.33. The molecule has 0 saturated carbocycles. The third kappa shape index (κ3) is 4.07. The molecule has 2 unspecified atom stereocenters. The molecule has 0 aliphatic carbocycles. The van der Waals surface area contributed by atoms with Gasteiger partial charge in [-0.2, -0.15) is 5.10 Å². The molecule has 0 fully saturated rings. The van der Waals surface area contributed by atoms with Gasteiger partial charge in [0.25, 0.3) is 0 Å². The van der Waals surface area contributed by atoms with E-state index >= 15 is 0 Å². The second-order valence-corrected chi connectivity index (χ2v) is 6.62. The van der Waals surface area contributed by atoms with Crippen molar-refractivity contribution in [1.82, 2.24) is 15.1 Å². The molecule has 1 rings (SSSR count). The van der Waals surface area contributed by atoms with Crippen LogP contribution in [0.5, 0.6) is 0 Å². The second kappa shape index (κ2) is 7.26. The zero-order chi connectivity index (χ0) is 13.7. The molecule has 0 spiro atoms. The molecule has 0 aliphatic heterocycles. The zero-order valence-corrected chi connectivity index (χ0v) is 13.1. The van der Waals surface area contributed by atoms with Gasteiger partial charge in [-0.15, -0.1) is 0 Å². The van der Waals surface area contributed by atoms with Crippen LogP contribution in [0.25, 0.3) is 0 Å². The number of nitrogens with zero attached hydrogens (tertiary/aromatic N) is 2. The lowest BCUT2D eigenvalue weighted by Crippen LogP contribution is -2.22. The van der Waals surface area contributed by atoms with Gasteiger partial charge in [-0.05, 0) is 26.8 Å². The van der Waals surface area contributed by atoms with Crippen LogP contribution in [0, 0.1) is 6.92 Å². The minimum absolute atomic E-state index is 0.228. The average molecular weight is 292 g/mol. The van der Waals surface area contributed by atoms with Gasteiger partial charge in [0.2, 0.25) is 0 Å². The number of hydrogen-bond acceptors (Lipinski definition) is 3. The van der Waals surface area contributed by atoms with Gasteiger partial charge in [0, 0.05) is 35.4 Å². The third-order valence-electron chi connectivity index (χ3n) is 3.04. The Labute approximate surface area is 117 Å². The Bertz CT molecular complexity index is 420. The zero-order valence-electron chi connectivity index (χ0n) is 11.5. The predicted octanol–water partition coefficient (Wildman–Crippen LogP) is 2.11. The SMILES string of the molecule is CCn1nc(C)c(Cl)c1CNCCC(C)S(C)=O. The van der Waals surface area contributed by atoms with Crippen molar-refractivity contribution in [2.24, 2.45) is 0 Å². The first-order chi connectivity index (χ1) is 8.47. The monoisotopic (exact) mass is 291 g/mol. The minimum Gasteiger partial charge on any atom is -0.311 e. The standard InChI is InChI=1S/C12H22ClN3OS/c1-5-16-11(12(13)10(3)15-16)8-14-7-6-9(2)18(4)17/h9,14H,5-8H2,1-4H3. The van der Waals surface area contributed by atoms with Gasteiger partial charge in [0.15, 0.2) is 0 Å². The fourth-order valence-corrected chi connectivity index (χ4v) is 2.37. The maximum absolute atomic E-state index is 11.2. The van der Waals surface area contributed by atoms with Crippen LogP contribution in [0.4, 0.5) is 0 Å². The number of nitrogens with one attached hydrogen (secondary N) is 1. The first-order valence-electron chi connectivity index (χ1n) is 6.22. The molecule has 4 nitrogen and oxygen atoms in total. The van der Waals surface area contributed by atoms with E-state index in [9.17, 15) is 4.21 Å². The van der Waals surface area contributed by atoms with Gasteiger partial charge in [0.05, 0.1) is 16.4 Å². The summed E-state index contributed by atoms with van der Waals surface area (Å²) in [5.74, 6) is 0. The largest absolute Gasteiger partial charge is 0.311 e. The number of rotatable bonds is 7. The lowest BCUT2D eigenvalue weighted by atomic mass is 10.3. The summed E-state index contributed by atoms with van der Waals surface area (Å²) in [6.07, 6.45) is 2.65. The summed E-state index contributed by atoms with van der Waals surface area (Å²) in [6, 6.07) is 0. The first-order valence-corrected chi connectivity index (χ1v) is 8.22. The maximum Gasteiger partial charge on any atom is 0.0860 e. The highest BCUT2D eigenvalue weighted by Gasteiger charge is 2.12. The Morgan fingerprint density at radius 3 is 2.78 bits per heavy atom. The molecule has 1 aromatic rings. The van der Waals surface area contributed by atoms with Crippen molar-refractivity contribution in [1.29, 1.82) is 0 Å². The molecule has 0 aliphatic rings. The van der Waals surface area contributed by atoms with Gasteiger partial charge in [-0.1, -0.05) is 18.5 Å². The highest BCUT2D eigenvalue weighted by molar-refractivity contribution is 7.84. The highest BCUT2D eigenvalue weighted by Crippen LogP contribution is 2.19. The summed E-state index contributed by atoms with van der Waals surface area (Å²) < 4.78 is 13.1. The molecular weight excluding hydrogens is 270 g/mol. The van der Waals surface area contributed by atoms with Crippen molar-refractivity contribution in [3.05, 3.63) is 16.4 Å². The Kier molecular flexibility index (Phi) is 6.32.